The molecule has 6 nitrogen and oxygen atoms in total. The molecule has 2 saturated heterocycles. The third kappa shape index (κ3) is 3.53. The molecule has 0 bridgehead atoms. The lowest BCUT2D eigenvalue weighted by molar-refractivity contribution is 0.122. The van der Waals surface area contributed by atoms with Gasteiger partial charge in [-0.25, -0.2) is 4.98 Å². The SMILES string of the molecule is c1cc(N2CCOCC2)ccc1-c1ccc2ncc(N3CCOCC3)nc2c1. The van der Waals surface area contributed by atoms with Crippen molar-refractivity contribution in [3.05, 3.63) is 48.7 Å². The van der Waals surface area contributed by atoms with E-state index in [1.807, 2.05) is 6.20 Å². The Morgan fingerprint density at radius 3 is 2.04 bits per heavy atom. The van der Waals surface area contributed by atoms with E-state index in [0.29, 0.717) is 0 Å². The molecule has 28 heavy (non-hydrogen) atoms. The van der Waals surface area contributed by atoms with Crippen LogP contribution in [0, 0.1) is 0 Å². The molecule has 1 aromatic heterocycles. The summed E-state index contributed by atoms with van der Waals surface area (Å²) in [7, 11) is 0. The van der Waals surface area contributed by atoms with Crippen molar-refractivity contribution in [2.45, 2.75) is 0 Å². The Kier molecular flexibility index (Phi) is 4.81. The van der Waals surface area contributed by atoms with Crippen LogP contribution in [-0.4, -0.2) is 62.6 Å². The number of hydrogen-bond acceptors (Lipinski definition) is 6. The van der Waals surface area contributed by atoms with Gasteiger partial charge in [-0.3, -0.25) is 4.98 Å². The van der Waals surface area contributed by atoms with Crippen molar-refractivity contribution >= 4 is 22.5 Å². The molecule has 0 N–H and O–H groups in total. The zero-order chi connectivity index (χ0) is 18.8. The van der Waals surface area contributed by atoms with Gasteiger partial charge in [0, 0.05) is 31.9 Å². The molecule has 2 aliphatic rings. The summed E-state index contributed by atoms with van der Waals surface area (Å²) in [6.45, 7) is 6.73. The van der Waals surface area contributed by atoms with Gasteiger partial charge in [-0.15, -0.1) is 0 Å². The zero-order valence-corrected chi connectivity index (χ0v) is 15.9. The van der Waals surface area contributed by atoms with Crippen LogP contribution < -0.4 is 9.80 Å². The second kappa shape index (κ2) is 7.73. The number of aromatic nitrogens is 2. The Morgan fingerprint density at radius 2 is 1.32 bits per heavy atom. The highest BCUT2D eigenvalue weighted by atomic mass is 16.5. The Morgan fingerprint density at radius 1 is 0.679 bits per heavy atom. The maximum Gasteiger partial charge on any atom is 0.148 e. The molecular weight excluding hydrogens is 352 g/mol. The molecule has 0 aliphatic carbocycles. The first-order chi connectivity index (χ1) is 13.9. The lowest BCUT2D eigenvalue weighted by atomic mass is 10.0. The van der Waals surface area contributed by atoms with Crippen LogP contribution in [0.3, 0.4) is 0 Å². The Hall–Kier alpha value is -2.70. The topological polar surface area (TPSA) is 50.7 Å². The van der Waals surface area contributed by atoms with Crippen molar-refractivity contribution in [2.24, 2.45) is 0 Å². The van der Waals surface area contributed by atoms with Gasteiger partial charge in [0.2, 0.25) is 0 Å². The van der Waals surface area contributed by atoms with Gasteiger partial charge in [-0.1, -0.05) is 18.2 Å². The number of benzene rings is 2. The van der Waals surface area contributed by atoms with Gasteiger partial charge in [0.25, 0.3) is 0 Å². The normalized spacial score (nSPS) is 17.9. The first-order valence-corrected chi connectivity index (χ1v) is 9.89. The van der Waals surface area contributed by atoms with Gasteiger partial charge in [-0.05, 0) is 35.4 Å². The lowest BCUT2D eigenvalue weighted by Crippen LogP contribution is -2.36. The molecule has 3 heterocycles. The largest absolute Gasteiger partial charge is 0.378 e. The second-order valence-corrected chi connectivity index (χ2v) is 7.18. The van der Waals surface area contributed by atoms with Gasteiger partial charge in [0.05, 0.1) is 43.7 Å². The van der Waals surface area contributed by atoms with Crippen molar-refractivity contribution in [2.75, 3.05) is 62.4 Å². The smallest absolute Gasteiger partial charge is 0.148 e. The second-order valence-electron chi connectivity index (χ2n) is 7.18. The van der Waals surface area contributed by atoms with Crippen LogP contribution in [0.25, 0.3) is 22.2 Å². The number of hydrogen-bond donors (Lipinski definition) is 0. The molecule has 0 spiro atoms. The average Bonchev–Trinajstić information content (AvgIpc) is 2.80. The van der Waals surface area contributed by atoms with Crippen LogP contribution in [0.5, 0.6) is 0 Å². The maximum atomic E-state index is 5.44. The molecule has 3 aromatic rings. The highest BCUT2D eigenvalue weighted by molar-refractivity contribution is 5.82. The van der Waals surface area contributed by atoms with Gasteiger partial charge in [0.1, 0.15) is 5.82 Å². The predicted molar refractivity (Wildman–Crippen MR) is 111 cm³/mol. The Bertz CT molecular complexity index is 948. The molecule has 5 rings (SSSR count). The summed E-state index contributed by atoms with van der Waals surface area (Å²) >= 11 is 0. The van der Waals surface area contributed by atoms with Crippen LogP contribution in [0.4, 0.5) is 11.5 Å². The third-order valence-corrected chi connectivity index (χ3v) is 5.44. The van der Waals surface area contributed by atoms with E-state index < -0.39 is 0 Å². The quantitative estimate of drug-likeness (QED) is 0.701. The van der Waals surface area contributed by atoms with E-state index >= 15 is 0 Å². The molecular formula is C22H24N4O2. The summed E-state index contributed by atoms with van der Waals surface area (Å²) in [6.07, 6.45) is 1.87. The van der Waals surface area contributed by atoms with Crippen molar-refractivity contribution in [1.82, 2.24) is 9.97 Å². The average molecular weight is 376 g/mol. The molecule has 6 heteroatoms. The maximum absolute atomic E-state index is 5.44. The third-order valence-electron chi connectivity index (χ3n) is 5.44. The Labute approximate surface area is 164 Å². The molecule has 2 aromatic carbocycles. The van der Waals surface area contributed by atoms with Crippen molar-refractivity contribution in [3.63, 3.8) is 0 Å². The monoisotopic (exact) mass is 376 g/mol. The highest BCUT2D eigenvalue weighted by Crippen LogP contribution is 2.27. The molecule has 2 aliphatic heterocycles. The number of morpholine rings is 2. The number of fused-ring (bicyclic) bond motifs is 1. The number of rotatable bonds is 3. The minimum Gasteiger partial charge on any atom is -0.378 e. The van der Waals surface area contributed by atoms with E-state index in [9.17, 15) is 0 Å². The standard InChI is InChI=1S/C22H24N4O2/c1-4-19(25-7-11-27-12-8-25)5-2-17(1)18-3-6-20-21(15-18)24-22(16-23-20)26-9-13-28-14-10-26/h1-6,15-16H,7-14H2. The summed E-state index contributed by atoms with van der Waals surface area (Å²) in [5.74, 6) is 0.926. The van der Waals surface area contributed by atoms with Gasteiger partial charge in [0.15, 0.2) is 0 Å². The minimum absolute atomic E-state index is 0.745. The van der Waals surface area contributed by atoms with Crippen LogP contribution in [-0.2, 0) is 9.47 Å². The lowest BCUT2D eigenvalue weighted by Gasteiger charge is -2.29. The summed E-state index contributed by atoms with van der Waals surface area (Å²) < 4.78 is 10.9. The van der Waals surface area contributed by atoms with E-state index in [0.717, 1.165) is 75.0 Å². The highest BCUT2D eigenvalue weighted by Gasteiger charge is 2.14. The molecule has 0 saturated carbocycles. The van der Waals surface area contributed by atoms with Crippen LogP contribution in [0.2, 0.25) is 0 Å². The van der Waals surface area contributed by atoms with Crippen LogP contribution in [0.15, 0.2) is 48.7 Å². The fraction of sp³-hybridized carbons (Fsp3) is 0.364. The van der Waals surface area contributed by atoms with Gasteiger partial charge < -0.3 is 19.3 Å². The van der Waals surface area contributed by atoms with E-state index in [2.05, 4.69) is 57.2 Å². The molecule has 2 fully saturated rings. The zero-order valence-electron chi connectivity index (χ0n) is 15.9. The number of ether oxygens (including phenoxy) is 2. The van der Waals surface area contributed by atoms with Gasteiger partial charge in [-0.2, -0.15) is 0 Å². The number of anilines is 2. The molecule has 0 radical (unpaired) electrons. The van der Waals surface area contributed by atoms with Crippen LogP contribution >= 0.6 is 0 Å². The Balaban J connectivity index is 1.41. The van der Waals surface area contributed by atoms with Crippen molar-refractivity contribution in [1.29, 1.82) is 0 Å². The number of nitrogens with zero attached hydrogens (tertiary/aromatic N) is 4. The predicted octanol–water partition coefficient (Wildman–Crippen LogP) is 2.97. The van der Waals surface area contributed by atoms with Crippen LogP contribution in [0.1, 0.15) is 0 Å². The molecule has 0 amide bonds. The van der Waals surface area contributed by atoms with Crippen molar-refractivity contribution in [3.8, 4) is 11.1 Å². The summed E-state index contributed by atoms with van der Waals surface area (Å²) in [4.78, 5) is 14.1. The molecule has 0 atom stereocenters. The van der Waals surface area contributed by atoms with E-state index in [-0.39, 0.29) is 0 Å². The summed E-state index contributed by atoms with van der Waals surface area (Å²) in [6, 6.07) is 15.1. The minimum atomic E-state index is 0.745. The first-order valence-electron chi connectivity index (χ1n) is 9.89. The van der Waals surface area contributed by atoms with E-state index in [4.69, 9.17) is 14.5 Å². The summed E-state index contributed by atoms with van der Waals surface area (Å²) in [5, 5.41) is 0. The fourth-order valence-corrected chi connectivity index (χ4v) is 3.81. The van der Waals surface area contributed by atoms with E-state index in [1.165, 1.54) is 11.3 Å². The molecule has 0 unspecified atom stereocenters. The van der Waals surface area contributed by atoms with E-state index in [1.54, 1.807) is 0 Å². The van der Waals surface area contributed by atoms with Crippen molar-refractivity contribution < 1.29 is 9.47 Å². The molecule has 144 valence electrons. The fourth-order valence-electron chi connectivity index (χ4n) is 3.81. The first kappa shape index (κ1) is 17.4. The van der Waals surface area contributed by atoms with Gasteiger partial charge >= 0.3 is 0 Å². The summed E-state index contributed by atoms with van der Waals surface area (Å²) in [5.41, 5.74) is 5.46.